The van der Waals surface area contributed by atoms with Crippen LogP contribution in [0.25, 0.3) is 16.8 Å². The number of rotatable bonds is 5. The summed E-state index contributed by atoms with van der Waals surface area (Å²) in [5.74, 6) is 0.399. The number of nitrogens with one attached hydrogen (secondary N) is 1. The first-order chi connectivity index (χ1) is 11.3. The molecule has 0 spiro atoms. The molecule has 126 valence electrons. The molecule has 0 saturated carbocycles. The molecule has 0 fully saturated rings. The molecule has 3 aromatic heterocycles. The number of nitrogens with zero attached hydrogens (tertiary/aromatic N) is 4. The number of fused-ring (bicyclic) bond motifs is 1. The molecule has 0 aliphatic heterocycles. The summed E-state index contributed by atoms with van der Waals surface area (Å²) in [6.45, 7) is 4.25. The molecule has 0 radical (unpaired) electrons. The zero-order valence-corrected chi connectivity index (χ0v) is 14.2. The normalized spacial score (nSPS) is 12.1. The Morgan fingerprint density at radius 1 is 1.25 bits per heavy atom. The van der Waals surface area contributed by atoms with Crippen LogP contribution in [0.1, 0.15) is 13.8 Å². The quantitative estimate of drug-likeness (QED) is 0.719. The molecule has 0 saturated heterocycles. The predicted molar refractivity (Wildman–Crippen MR) is 90.7 cm³/mol. The topological polar surface area (TPSA) is 115 Å². The number of pyridine rings is 2. The van der Waals surface area contributed by atoms with E-state index >= 15 is 0 Å². The van der Waals surface area contributed by atoms with Gasteiger partial charge in [-0.25, -0.2) is 17.7 Å². The third kappa shape index (κ3) is 3.36. The monoisotopic (exact) mass is 346 g/mol. The second-order valence-corrected chi connectivity index (χ2v) is 7.61. The van der Waals surface area contributed by atoms with E-state index in [4.69, 9.17) is 5.73 Å². The summed E-state index contributed by atoms with van der Waals surface area (Å²) in [7, 11) is -3.59. The minimum absolute atomic E-state index is 0.124. The molecular formula is C15H18N6O2S. The number of hydrogen-bond acceptors (Lipinski definition) is 6. The van der Waals surface area contributed by atoms with Gasteiger partial charge in [-0.2, -0.15) is 4.98 Å². The van der Waals surface area contributed by atoms with E-state index in [9.17, 15) is 8.42 Å². The van der Waals surface area contributed by atoms with Crippen molar-refractivity contribution in [1.82, 2.24) is 24.3 Å². The number of aromatic nitrogens is 4. The van der Waals surface area contributed by atoms with Crippen molar-refractivity contribution < 1.29 is 8.42 Å². The maximum absolute atomic E-state index is 12.3. The number of sulfonamides is 1. The van der Waals surface area contributed by atoms with Crippen molar-refractivity contribution in [2.45, 2.75) is 18.7 Å². The Kier molecular flexibility index (Phi) is 4.20. The highest BCUT2D eigenvalue weighted by Crippen LogP contribution is 2.22. The lowest BCUT2D eigenvalue weighted by Gasteiger charge is -2.09. The van der Waals surface area contributed by atoms with Crippen molar-refractivity contribution >= 4 is 21.6 Å². The van der Waals surface area contributed by atoms with E-state index in [2.05, 4.69) is 19.8 Å². The fourth-order valence-electron chi connectivity index (χ4n) is 2.15. The van der Waals surface area contributed by atoms with Crippen molar-refractivity contribution in [1.29, 1.82) is 0 Å². The van der Waals surface area contributed by atoms with Crippen LogP contribution < -0.4 is 10.5 Å². The number of nitrogen functional groups attached to an aromatic ring is 1. The van der Waals surface area contributed by atoms with Crippen molar-refractivity contribution in [3.05, 3.63) is 36.8 Å². The summed E-state index contributed by atoms with van der Waals surface area (Å²) in [5, 5.41) is 4.05. The van der Waals surface area contributed by atoms with Gasteiger partial charge in [-0.05, 0) is 24.1 Å². The van der Waals surface area contributed by atoms with Gasteiger partial charge in [0.05, 0.1) is 0 Å². The van der Waals surface area contributed by atoms with Gasteiger partial charge in [0.25, 0.3) is 0 Å². The molecule has 3 N–H and O–H groups in total. The van der Waals surface area contributed by atoms with Gasteiger partial charge in [-0.1, -0.05) is 13.8 Å². The van der Waals surface area contributed by atoms with E-state index in [0.29, 0.717) is 17.8 Å². The second kappa shape index (κ2) is 6.17. The first-order valence-electron chi connectivity index (χ1n) is 7.42. The first-order valence-corrected chi connectivity index (χ1v) is 8.90. The number of anilines is 1. The van der Waals surface area contributed by atoms with E-state index in [1.54, 1.807) is 29.0 Å². The molecule has 0 amide bonds. The highest BCUT2D eigenvalue weighted by molar-refractivity contribution is 7.89. The largest absolute Gasteiger partial charge is 0.366 e. The molecule has 3 rings (SSSR count). The molecule has 0 aliphatic rings. The van der Waals surface area contributed by atoms with Crippen LogP contribution in [-0.4, -0.2) is 34.5 Å². The maximum atomic E-state index is 12.3. The highest BCUT2D eigenvalue weighted by atomic mass is 32.2. The molecule has 0 aromatic carbocycles. The third-order valence-corrected chi connectivity index (χ3v) is 4.78. The van der Waals surface area contributed by atoms with Crippen LogP contribution >= 0.6 is 0 Å². The van der Waals surface area contributed by atoms with E-state index in [1.165, 1.54) is 6.20 Å². The Morgan fingerprint density at radius 3 is 2.79 bits per heavy atom. The van der Waals surface area contributed by atoms with Crippen molar-refractivity contribution in [2.24, 2.45) is 5.92 Å². The smallest absolute Gasteiger partial charge is 0.242 e. The zero-order chi connectivity index (χ0) is 17.3. The first kappa shape index (κ1) is 16.3. The van der Waals surface area contributed by atoms with E-state index in [-0.39, 0.29) is 16.8 Å². The Morgan fingerprint density at radius 2 is 2.04 bits per heavy atom. The highest BCUT2D eigenvalue weighted by Gasteiger charge is 2.16. The van der Waals surface area contributed by atoms with Gasteiger partial charge in [0.1, 0.15) is 4.90 Å². The molecule has 8 nitrogen and oxygen atoms in total. The van der Waals surface area contributed by atoms with Crippen LogP contribution in [0, 0.1) is 5.92 Å². The van der Waals surface area contributed by atoms with Crippen molar-refractivity contribution in [2.75, 3.05) is 12.3 Å². The SMILES string of the molecule is CC(C)CNS(=O)(=O)c1cncc(-c2ccc3nc(N)nn3c2)c1. The summed E-state index contributed by atoms with van der Waals surface area (Å²) < 4.78 is 28.8. The van der Waals surface area contributed by atoms with Crippen LogP contribution in [0.2, 0.25) is 0 Å². The van der Waals surface area contributed by atoms with E-state index in [1.807, 2.05) is 19.9 Å². The van der Waals surface area contributed by atoms with Gasteiger partial charge < -0.3 is 5.73 Å². The lowest BCUT2D eigenvalue weighted by Crippen LogP contribution is -2.27. The fraction of sp³-hybridized carbons (Fsp3) is 0.267. The minimum atomic E-state index is -3.59. The number of hydrogen-bond donors (Lipinski definition) is 2. The van der Waals surface area contributed by atoms with Crippen molar-refractivity contribution in [3.8, 4) is 11.1 Å². The molecule has 0 atom stereocenters. The van der Waals surface area contributed by atoms with Crippen LogP contribution in [0.4, 0.5) is 5.95 Å². The molecule has 0 unspecified atom stereocenters. The fourth-order valence-corrected chi connectivity index (χ4v) is 3.36. The number of nitrogens with two attached hydrogens (primary N) is 1. The molecule has 9 heteroatoms. The Bertz CT molecular complexity index is 981. The lowest BCUT2D eigenvalue weighted by molar-refractivity contribution is 0.560. The van der Waals surface area contributed by atoms with Crippen molar-refractivity contribution in [3.63, 3.8) is 0 Å². The van der Waals surface area contributed by atoms with Gasteiger partial charge in [0, 0.05) is 36.3 Å². The minimum Gasteiger partial charge on any atom is -0.366 e. The van der Waals surface area contributed by atoms with E-state index < -0.39 is 10.0 Å². The van der Waals surface area contributed by atoms with Gasteiger partial charge in [-0.3, -0.25) is 4.98 Å². The van der Waals surface area contributed by atoms with Crippen LogP contribution in [0.15, 0.2) is 41.7 Å². The summed E-state index contributed by atoms with van der Waals surface area (Å²) in [6.07, 6.45) is 4.66. The van der Waals surface area contributed by atoms with Gasteiger partial charge >= 0.3 is 0 Å². The van der Waals surface area contributed by atoms with Crippen LogP contribution in [0.3, 0.4) is 0 Å². The summed E-state index contributed by atoms with van der Waals surface area (Å²) >= 11 is 0. The molecule has 0 bridgehead atoms. The standard InChI is InChI=1S/C15H18N6O2S/c1-10(2)6-18-24(22,23)13-5-12(7-17-8-13)11-3-4-14-19-15(16)20-21(14)9-11/h3-5,7-10,18H,6H2,1-2H3,(H2,16,20). The third-order valence-electron chi connectivity index (χ3n) is 3.39. The molecule has 24 heavy (non-hydrogen) atoms. The molecule has 3 aromatic rings. The van der Waals surface area contributed by atoms with Gasteiger partial charge in [-0.15, -0.1) is 5.10 Å². The maximum Gasteiger partial charge on any atom is 0.242 e. The van der Waals surface area contributed by atoms with Crippen LogP contribution in [-0.2, 0) is 10.0 Å². The summed E-state index contributed by atoms with van der Waals surface area (Å²) in [5.41, 5.74) is 7.62. The molecule has 0 aliphatic carbocycles. The summed E-state index contributed by atoms with van der Waals surface area (Å²) in [6, 6.07) is 5.16. The Labute approximate surface area is 139 Å². The lowest BCUT2D eigenvalue weighted by atomic mass is 10.1. The van der Waals surface area contributed by atoms with Gasteiger partial charge in [0.15, 0.2) is 5.65 Å². The Balaban J connectivity index is 1.97. The van der Waals surface area contributed by atoms with Gasteiger partial charge in [0.2, 0.25) is 16.0 Å². The van der Waals surface area contributed by atoms with E-state index in [0.717, 1.165) is 5.56 Å². The second-order valence-electron chi connectivity index (χ2n) is 5.85. The van der Waals surface area contributed by atoms with Crippen LogP contribution in [0.5, 0.6) is 0 Å². The summed E-state index contributed by atoms with van der Waals surface area (Å²) in [4.78, 5) is 8.23. The zero-order valence-electron chi connectivity index (χ0n) is 13.3. The predicted octanol–water partition coefficient (Wildman–Crippen LogP) is 1.31. The average Bonchev–Trinajstić information content (AvgIpc) is 2.92. The average molecular weight is 346 g/mol. The molecular weight excluding hydrogens is 328 g/mol. The molecule has 3 heterocycles. The Hall–Kier alpha value is -2.52.